The van der Waals surface area contributed by atoms with Crippen LogP contribution in [0.4, 0.5) is 11.4 Å². The molecule has 27 heavy (non-hydrogen) atoms. The number of rotatable bonds is 7. The highest BCUT2D eigenvalue weighted by molar-refractivity contribution is 8.14. The van der Waals surface area contributed by atoms with E-state index in [9.17, 15) is 4.79 Å². The summed E-state index contributed by atoms with van der Waals surface area (Å²) in [4.78, 5) is 11.4. The molecule has 2 rings (SSSR count). The lowest BCUT2D eigenvalue weighted by Crippen LogP contribution is -2.09. The molecule has 0 spiro atoms. The Morgan fingerprint density at radius 1 is 0.889 bits per heavy atom. The van der Waals surface area contributed by atoms with E-state index in [0.29, 0.717) is 15.9 Å². The lowest BCUT2D eigenvalue weighted by Gasteiger charge is -2.09. The van der Waals surface area contributed by atoms with Gasteiger partial charge in [0.1, 0.15) is 0 Å². The fourth-order valence-electron chi connectivity index (χ4n) is 2.07. The smallest absolute Gasteiger partial charge is 0.337 e. The van der Waals surface area contributed by atoms with Crippen LogP contribution in [0.2, 0.25) is 0 Å². The molecule has 0 fully saturated rings. The molecular weight excluding hydrogens is 380 g/mol. The summed E-state index contributed by atoms with van der Waals surface area (Å²) in [5.41, 5.74) is 2.14. The van der Waals surface area contributed by atoms with Crippen molar-refractivity contribution >= 4 is 51.2 Å². The Morgan fingerprint density at radius 3 is 1.93 bits per heavy atom. The molecule has 0 saturated heterocycles. The molecule has 2 aromatic carbocycles. The van der Waals surface area contributed by atoms with Crippen molar-refractivity contribution in [2.45, 2.75) is 6.42 Å². The van der Waals surface area contributed by atoms with Gasteiger partial charge in [-0.3, -0.25) is 10.8 Å². The quantitative estimate of drug-likeness (QED) is 0.231. The molecule has 0 aliphatic rings. The highest BCUT2D eigenvalue weighted by Crippen LogP contribution is 2.15. The van der Waals surface area contributed by atoms with E-state index in [-0.39, 0.29) is 5.97 Å². The second-order valence-electron chi connectivity index (χ2n) is 5.39. The normalized spacial score (nSPS) is 10.1. The van der Waals surface area contributed by atoms with E-state index >= 15 is 0 Å². The van der Waals surface area contributed by atoms with Crippen LogP contribution in [0.3, 0.4) is 0 Å². The molecule has 0 atom stereocenters. The van der Waals surface area contributed by atoms with Crippen LogP contribution >= 0.6 is 23.5 Å². The maximum atomic E-state index is 11.4. The number of amidine groups is 2. The number of hydrogen-bond acceptors (Lipinski definition) is 6. The van der Waals surface area contributed by atoms with Crippen molar-refractivity contribution in [3.63, 3.8) is 0 Å². The van der Waals surface area contributed by atoms with E-state index in [2.05, 4.69) is 15.4 Å². The van der Waals surface area contributed by atoms with Crippen LogP contribution in [0.5, 0.6) is 0 Å². The molecule has 0 unspecified atom stereocenters. The summed E-state index contributed by atoms with van der Waals surface area (Å²) in [5.74, 6) is 1.22. The molecule has 0 heterocycles. The zero-order chi connectivity index (χ0) is 19.5. The summed E-state index contributed by atoms with van der Waals surface area (Å²) in [6.45, 7) is 0. The van der Waals surface area contributed by atoms with Gasteiger partial charge < -0.3 is 15.4 Å². The van der Waals surface area contributed by atoms with Gasteiger partial charge in [0.05, 0.1) is 12.7 Å². The SMILES string of the molecule is COC(=O)c1ccc(NC(=N)SCCCSC(=N)Nc2ccccc2)cc1. The number of ether oxygens (including phenoxy) is 1. The highest BCUT2D eigenvalue weighted by atomic mass is 32.2. The summed E-state index contributed by atoms with van der Waals surface area (Å²) in [6.07, 6.45) is 0.888. The van der Waals surface area contributed by atoms with Crippen LogP contribution in [-0.4, -0.2) is 34.9 Å². The molecule has 0 radical (unpaired) electrons. The van der Waals surface area contributed by atoms with Crippen LogP contribution in [-0.2, 0) is 4.74 Å². The van der Waals surface area contributed by atoms with E-state index in [4.69, 9.17) is 10.8 Å². The Kier molecular flexibility index (Phi) is 8.73. The molecule has 142 valence electrons. The fourth-order valence-corrected chi connectivity index (χ4v) is 3.62. The number of nitrogens with one attached hydrogen (secondary N) is 4. The van der Waals surface area contributed by atoms with Gasteiger partial charge in [-0.15, -0.1) is 0 Å². The number of thioether (sulfide) groups is 2. The van der Waals surface area contributed by atoms with Gasteiger partial charge in [-0.2, -0.15) is 0 Å². The van der Waals surface area contributed by atoms with Gasteiger partial charge in [0.2, 0.25) is 0 Å². The number of carbonyl (C=O) groups excluding carboxylic acids is 1. The van der Waals surface area contributed by atoms with Gasteiger partial charge in [-0.1, -0.05) is 41.7 Å². The molecule has 0 saturated carbocycles. The number of methoxy groups -OCH3 is 1. The van der Waals surface area contributed by atoms with Crippen molar-refractivity contribution < 1.29 is 9.53 Å². The molecule has 0 amide bonds. The Hall–Kier alpha value is -2.45. The van der Waals surface area contributed by atoms with Gasteiger partial charge in [-0.25, -0.2) is 4.79 Å². The predicted octanol–water partition coefficient (Wildman–Crippen LogP) is 4.72. The highest BCUT2D eigenvalue weighted by Gasteiger charge is 2.05. The predicted molar refractivity (Wildman–Crippen MR) is 116 cm³/mol. The number of esters is 1. The van der Waals surface area contributed by atoms with Crippen LogP contribution in [0.25, 0.3) is 0 Å². The molecule has 4 N–H and O–H groups in total. The van der Waals surface area contributed by atoms with Crippen molar-refractivity contribution in [2.75, 3.05) is 29.2 Å². The average molecular weight is 403 g/mol. The van der Waals surface area contributed by atoms with Crippen LogP contribution in [0, 0.1) is 10.8 Å². The third kappa shape index (κ3) is 7.76. The molecule has 0 aliphatic carbocycles. The second-order valence-corrected chi connectivity index (χ2v) is 7.60. The third-order valence-corrected chi connectivity index (χ3v) is 5.14. The minimum absolute atomic E-state index is 0.350. The molecule has 2 aromatic rings. The minimum atomic E-state index is -0.379. The first-order chi connectivity index (χ1) is 13.1. The second kappa shape index (κ2) is 11.3. The molecule has 0 aromatic heterocycles. The van der Waals surface area contributed by atoms with Gasteiger partial charge >= 0.3 is 5.97 Å². The van der Waals surface area contributed by atoms with Crippen LogP contribution in [0.1, 0.15) is 16.8 Å². The number of hydrogen-bond donors (Lipinski definition) is 4. The standard InChI is InChI=1S/C19H22N4O2S2/c1-25-17(24)14-8-10-16(11-9-14)23-19(21)27-13-5-12-26-18(20)22-15-6-3-2-4-7-15/h2-4,6-11H,5,12-13H2,1H3,(H2,20,22)(H2,21,23). The fraction of sp³-hybridized carbons (Fsp3) is 0.211. The summed E-state index contributed by atoms with van der Waals surface area (Å²) >= 11 is 2.88. The van der Waals surface area contributed by atoms with E-state index in [1.807, 2.05) is 30.3 Å². The number of benzene rings is 2. The number of carbonyl (C=O) groups is 1. The lowest BCUT2D eigenvalue weighted by atomic mass is 10.2. The Balaban J connectivity index is 1.60. The summed E-state index contributed by atoms with van der Waals surface area (Å²) in [5, 5.41) is 22.7. The monoisotopic (exact) mass is 402 g/mol. The average Bonchev–Trinajstić information content (AvgIpc) is 2.68. The number of para-hydroxylation sites is 1. The Labute approximate surface area is 167 Å². The van der Waals surface area contributed by atoms with Crippen molar-refractivity contribution in [1.82, 2.24) is 0 Å². The maximum absolute atomic E-state index is 11.4. The third-order valence-electron chi connectivity index (χ3n) is 3.38. The van der Waals surface area contributed by atoms with E-state index in [0.717, 1.165) is 29.3 Å². The Bertz CT molecular complexity index is 767. The van der Waals surface area contributed by atoms with Crippen LogP contribution in [0.15, 0.2) is 54.6 Å². The Morgan fingerprint density at radius 2 is 1.41 bits per heavy atom. The van der Waals surface area contributed by atoms with Crippen molar-refractivity contribution in [3.8, 4) is 0 Å². The van der Waals surface area contributed by atoms with Crippen molar-refractivity contribution in [1.29, 1.82) is 10.8 Å². The molecular formula is C19H22N4O2S2. The topological polar surface area (TPSA) is 98.1 Å². The van der Waals surface area contributed by atoms with Gasteiger partial charge in [-0.05, 0) is 42.8 Å². The summed E-state index contributed by atoms with van der Waals surface area (Å²) in [6, 6.07) is 16.5. The van der Waals surface area contributed by atoms with Crippen molar-refractivity contribution in [2.24, 2.45) is 0 Å². The lowest BCUT2D eigenvalue weighted by molar-refractivity contribution is 0.0601. The zero-order valence-electron chi connectivity index (χ0n) is 15.0. The largest absolute Gasteiger partial charge is 0.465 e. The first-order valence-electron chi connectivity index (χ1n) is 8.28. The summed E-state index contributed by atoms with van der Waals surface area (Å²) < 4.78 is 4.66. The van der Waals surface area contributed by atoms with Crippen molar-refractivity contribution in [3.05, 3.63) is 60.2 Å². The molecule has 0 bridgehead atoms. The minimum Gasteiger partial charge on any atom is -0.465 e. The first-order valence-corrected chi connectivity index (χ1v) is 10.3. The van der Waals surface area contributed by atoms with Gasteiger partial charge in [0, 0.05) is 22.9 Å². The number of anilines is 2. The zero-order valence-corrected chi connectivity index (χ0v) is 16.6. The van der Waals surface area contributed by atoms with Crippen LogP contribution < -0.4 is 10.6 Å². The maximum Gasteiger partial charge on any atom is 0.337 e. The molecule has 6 nitrogen and oxygen atoms in total. The first kappa shape index (κ1) is 20.9. The van der Waals surface area contributed by atoms with E-state index < -0.39 is 0 Å². The van der Waals surface area contributed by atoms with E-state index in [1.54, 1.807) is 24.3 Å². The van der Waals surface area contributed by atoms with Gasteiger partial charge in [0.15, 0.2) is 10.3 Å². The van der Waals surface area contributed by atoms with Gasteiger partial charge in [0.25, 0.3) is 0 Å². The van der Waals surface area contributed by atoms with E-state index in [1.165, 1.54) is 30.6 Å². The molecule has 0 aliphatic heterocycles. The summed E-state index contributed by atoms with van der Waals surface area (Å²) in [7, 11) is 1.35. The molecule has 8 heteroatoms.